The lowest BCUT2D eigenvalue weighted by molar-refractivity contribution is 0.965. The second kappa shape index (κ2) is 7.72. The van der Waals surface area contributed by atoms with Crippen LogP contribution in [-0.4, -0.2) is 19.9 Å². The van der Waals surface area contributed by atoms with Crippen LogP contribution < -0.4 is 5.32 Å². The Morgan fingerprint density at radius 3 is 2.19 bits per heavy atom. The maximum Gasteiger partial charge on any atom is 0.192 e. The number of hydrogen-bond acceptors (Lipinski definition) is 6. The molecule has 0 aliphatic heterocycles. The van der Waals surface area contributed by atoms with Crippen molar-refractivity contribution in [1.82, 2.24) is 19.9 Å². The second-order valence-electron chi connectivity index (χ2n) is 6.19. The summed E-state index contributed by atoms with van der Waals surface area (Å²) >= 11 is 1.59. The molecule has 0 bridgehead atoms. The SMILES string of the molecule is Cc1nc2nc(SCc3ccccc3)nc(Nc3ccccc3)c2nc1C. The molecule has 134 valence electrons. The number of aryl methyl sites for hydroxylation is 2. The van der Waals surface area contributed by atoms with Crippen molar-refractivity contribution >= 4 is 34.4 Å². The summed E-state index contributed by atoms with van der Waals surface area (Å²) < 4.78 is 0. The number of aromatic nitrogens is 4. The molecule has 0 unspecified atom stereocenters. The number of hydrogen-bond donors (Lipinski definition) is 1. The fraction of sp³-hybridized carbons (Fsp3) is 0.143. The minimum Gasteiger partial charge on any atom is -0.338 e. The van der Waals surface area contributed by atoms with Crippen molar-refractivity contribution in [1.29, 1.82) is 0 Å². The van der Waals surface area contributed by atoms with Gasteiger partial charge in [0.2, 0.25) is 0 Å². The number of anilines is 2. The van der Waals surface area contributed by atoms with E-state index in [1.54, 1.807) is 11.8 Å². The average molecular weight is 373 g/mol. The molecule has 0 saturated heterocycles. The van der Waals surface area contributed by atoms with Crippen LogP contribution in [0.5, 0.6) is 0 Å². The topological polar surface area (TPSA) is 63.6 Å². The van der Waals surface area contributed by atoms with Crippen LogP contribution in [0, 0.1) is 13.8 Å². The van der Waals surface area contributed by atoms with Gasteiger partial charge in [-0.25, -0.2) is 19.9 Å². The molecule has 4 aromatic rings. The van der Waals surface area contributed by atoms with Gasteiger partial charge >= 0.3 is 0 Å². The molecular formula is C21H19N5S. The molecule has 0 radical (unpaired) electrons. The smallest absolute Gasteiger partial charge is 0.192 e. The van der Waals surface area contributed by atoms with Crippen molar-refractivity contribution in [2.75, 3.05) is 5.32 Å². The molecule has 0 atom stereocenters. The first-order valence-electron chi connectivity index (χ1n) is 8.71. The highest BCUT2D eigenvalue weighted by Gasteiger charge is 2.13. The first-order chi connectivity index (χ1) is 13.2. The first-order valence-corrected chi connectivity index (χ1v) is 9.69. The van der Waals surface area contributed by atoms with Crippen LogP contribution in [-0.2, 0) is 5.75 Å². The molecule has 6 heteroatoms. The molecule has 2 aromatic carbocycles. The van der Waals surface area contributed by atoms with Crippen LogP contribution in [0.1, 0.15) is 17.0 Å². The van der Waals surface area contributed by atoms with Gasteiger partial charge in [0.1, 0.15) is 0 Å². The highest BCUT2D eigenvalue weighted by atomic mass is 32.2. The van der Waals surface area contributed by atoms with E-state index in [1.165, 1.54) is 5.56 Å². The van der Waals surface area contributed by atoms with Crippen LogP contribution in [0.2, 0.25) is 0 Å². The number of thioether (sulfide) groups is 1. The first kappa shape index (κ1) is 17.4. The maximum absolute atomic E-state index is 4.72. The summed E-state index contributed by atoms with van der Waals surface area (Å²) in [6.45, 7) is 3.90. The summed E-state index contributed by atoms with van der Waals surface area (Å²) in [6.07, 6.45) is 0. The lowest BCUT2D eigenvalue weighted by Gasteiger charge is -2.11. The number of nitrogens with zero attached hydrogens (tertiary/aromatic N) is 4. The lowest BCUT2D eigenvalue weighted by Crippen LogP contribution is -2.04. The summed E-state index contributed by atoms with van der Waals surface area (Å²) in [5.74, 6) is 1.48. The number of nitrogens with one attached hydrogen (secondary N) is 1. The predicted octanol–water partition coefficient (Wildman–Crippen LogP) is 5.07. The van der Waals surface area contributed by atoms with E-state index in [9.17, 15) is 0 Å². The molecule has 0 fully saturated rings. The van der Waals surface area contributed by atoms with Gasteiger partial charge in [0.15, 0.2) is 22.1 Å². The molecular weight excluding hydrogens is 354 g/mol. The molecule has 1 N–H and O–H groups in total. The lowest BCUT2D eigenvalue weighted by atomic mass is 10.2. The van der Waals surface area contributed by atoms with Crippen LogP contribution in [0.4, 0.5) is 11.5 Å². The van der Waals surface area contributed by atoms with Crippen LogP contribution >= 0.6 is 11.8 Å². The number of benzene rings is 2. The summed E-state index contributed by atoms with van der Waals surface area (Å²) in [4.78, 5) is 18.7. The van der Waals surface area contributed by atoms with E-state index in [0.717, 1.165) is 22.8 Å². The molecule has 0 aliphatic rings. The van der Waals surface area contributed by atoms with Gasteiger partial charge < -0.3 is 5.32 Å². The normalized spacial score (nSPS) is 10.9. The Hall–Kier alpha value is -2.99. The Morgan fingerprint density at radius 1 is 0.778 bits per heavy atom. The summed E-state index contributed by atoms with van der Waals surface area (Å²) in [6, 6.07) is 20.2. The van der Waals surface area contributed by atoms with E-state index in [4.69, 9.17) is 4.98 Å². The Kier molecular flexibility index (Phi) is 4.98. The van der Waals surface area contributed by atoms with Crippen molar-refractivity contribution in [3.8, 4) is 0 Å². The molecule has 0 saturated carbocycles. The summed E-state index contributed by atoms with van der Waals surface area (Å²) in [5, 5.41) is 4.05. The van der Waals surface area contributed by atoms with E-state index in [2.05, 4.69) is 32.4 Å². The monoisotopic (exact) mass is 373 g/mol. The Labute approximate surface area is 162 Å². The zero-order valence-corrected chi connectivity index (χ0v) is 16.0. The molecule has 27 heavy (non-hydrogen) atoms. The van der Waals surface area contributed by atoms with Crippen molar-refractivity contribution in [2.45, 2.75) is 24.8 Å². The summed E-state index contributed by atoms with van der Waals surface area (Å²) in [7, 11) is 0. The third kappa shape index (κ3) is 4.06. The van der Waals surface area contributed by atoms with Gasteiger partial charge in [0, 0.05) is 11.4 Å². The van der Waals surface area contributed by atoms with Gasteiger partial charge in [-0.3, -0.25) is 0 Å². The largest absolute Gasteiger partial charge is 0.338 e. The standard InChI is InChI=1S/C21H19N5S/c1-14-15(2)23-19-18(22-14)20(24-17-11-7-4-8-12-17)26-21(25-19)27-13-16-9-5-3-6-10-16/h3-12H,13H2,1-2H3,(H,23,24,25,26). The van der Waals surface area contributed by atoms with Crippen LogP contribution in [0.15, 0.2) is 65.8 Å². The molecule has 4 rings (SSSR count). The van der Waals surface area contributed by atoms with E-state index < -0.39 is 0 Å². The predicted molar refractivity (Wildman–Crippen MR) is 110 cm³/mol. The van der Waals surface area contributed by atoms with E-state index >= 15 is 0 Å². The van der Waals surface area contributed by atoms with E-state index in [0.29, 0.717) is 22.1 Å². The Bertz CT molecular complexity index is 1070. The number of para-hydroxylation sites is 1. The van der Waals surface area contributed by atoms with Crippen molar-refractivity contribution in [3.63, 3.8) is 0 Å². The second-order valence-corrected chi connectivity index (χ2v) is 7.13. The summed E-state index contributed by atoms with van der Waals surface area (Å²) in [5.41, 5.74) is 5.25. The van der Waals surface area contributed by atoms with Crippen molar-refractivity contribution in [2.24, 2.45) is 0 Å². The van der Waals surface area contributed by atoms with Gasteiger partial charge in [-0.15, -0.1) is 0 Å². The van der Waals surface area contributed by atoms with Crippen molar-refractivity contribution in [3.05, 3.63) is 77.6 Å². The molecule has 0 amide bonds. The van der Waals surface area contributed by atoms with Crippen LogP contribution in [0.3, 0.4) is 0 Å². The van der Waals surface area contributed by atoms with Gasteiger partial charge in [-0.2, -0.15) is 0 Å². The average Bonchev–Trinajstić information content (AvgIpc) is 2.69. The van der Waals surface area contributed by atoms with Crippen LogP contribution in [0.25, 0.3) is 11.2 Å². The third-order valence-corrected chi connectivity index (χ3v) is 5.09. The molecule has 0 spiro atoms. The zero-order valence-electron chi connectivity index (χ0n) is 15.2. The van der Waals surface area contributed by atoms with Crippen molar-refractivity contribution < 1.29 is 0 Å². The van der Waals surface area contributed by atoms with Gasteiger partial charge in [-0.05, 0) is 31.5 Å². The maximum atomic E-state index is 4.72. The number of fused-ring (bicyclic) bond motifs is 1. The molecule has 0 aliphatic carbocycles. The molecule has 5 nitrogen and oxygen atoms in total. The Balaban J connectivity index is 1.72. The Morgan fingerprint density at radius 2 is 1.44 bits per heavy atom. The highest BCUT2D eigenvalue weighted by molar-refractivity contribution is 7.98. The zero-order chi connectivity index (χ0) is 18.6. The van der Waals surface area contributed by atoms with Gasteiger partial charge in [-0.1, -0.05) is 60.3 Å². The molecule has 2 aromatic heterocycles. The molecule has 2 heterocycles. The fourth-order valence-corrected chi connectivity index (χ4v) is 3.42. The minimum absolute atomic E-state index is 0.613. The van der Waals surface area contributed by atoms with E-state index in [1.807, 2.05) is 62.4 Å². The fourth-order valence-electron chi connectivity index (χ4n) is 2.62. The third-order valence-electron chi connectivity index (χ3n) is 4.17. The van der Waals surface area contributed by atoms with E-state index in [-0.39, 0.29) is 0 Å². The minimum atomic E-state index is 0.613. The number of rotatable bonds is 5. The quantitative estimate of drug-likeness (QED) is 0.389. The van der Waals surface area contributed by atoms with Gasteiger partial charge in [0.05, 0.1) is 11.4 Å². The van der Waals surface area contributed by atoms with Gasteiger partial charge in [0.25, 0.3) is 0 Å². The highest BCUT2D eigenvalue weighted by Crippen LogP contribution is 2.27.